The number of alkyl halides is 1. The summed E-state index contributed by atoms with van der Waals surface area (Å²) in [5.74, 6) is 1.97. The van der Waals surface area contributed by atoms with Crippen LogP contribution in [0.5, 0.6) is 0 Å². The topological polar surface area (TPSA) is 62.3 Å². The normalized spacial score (nSPS) is 36.4. The van der Waals surface area contributed by atoms with E-state index in [0.29, 0.717) is 34.9 Å². The zero-order valence-electron chi connectivity index (χ0n) is 17.1. The highest BCUT2D eigenvalue weighted by Crippen LogP contribution is 2.65. The molecule has 0 radical (unpaired) electrons. The van der Waals surface area contributed by atoms with Crippen molar-refractivity contribution >= 4 is 44.2 Å². The van der Waals surface area contributed by atoms with Gasteiger partial charge in [0.25, 0.3) is 0 Å². The third-order valence-corrected chi connectivity index (χ3v) is 9.51. The molecule has 5 fully saturated rings. The molecule has 29 heavy (non-hydrogen) atoms. The number of halogens is 1. The van der Waals surface area contributed by atoms with Gasteiger partial charge in [-0.1, -0.05) is 15.9 Å². The van der Waals surface area contributed by atoms with Crippen molar-refractivity contribution in [1.29, 1.82) is 0 Å². The minimum absolute atomic E-state index is 0.0198. The third kappa shape index (κ3) is 4.01. The molecule has 1 saturated heterocycles. The molecule has 1 aromatic rings. The fourth-order valence-electron chi connectivity index (χ4n) is 6.99. The van der Waals surface area contributed by atoms with Gasteiger partial charge in [-0.15, -0.1) is 11.3 Å². The minimum Gasteiger partial charge on any atom is -0.343 e. The number of nitrogens with one attached hydrogen (secondary N) is 1. The molecular weight excluding hydrogens is 450 g/mol. The molecule has 2 heterocycles. The van der Waals surface area contributed by atoms with E-state index < -0.39 is 0 Å². The van der Waals surface area contributed by atoms with E-state index in [4.69, 9.17) is 0 Å². The van der Waals surface area contributed by atoms with Gasteiger partial charge in [-0.2, -0.15) is 0 Å². The van der Waals surface area contributed by atoms with Crippen LogP contribution in [0.3, 0.4) is 0 Å². The molecular formula is C22H30BrN3O2S. The van der Waals surface area contributed by atoms with Gasteiger partial charge >= 0.3 is 0 Å². The highest BCUT2D eigenvalue weighted by atomic mass is 79.9. The monoisotopic (exact) mass is 479 g/mol. The number of hydrogen-bond donors (Lipinski definition) is 1. The first-order valence-electron chi connectivity index (χ1n) is 11.0. The molecule has 2 atom stereocenters. The van der Waals surface area contributed by atoms with Crippen molar-refractivity contribution in [3.63, 3.8) is 0 Å². The van der Waals surface area contributed by atoms with E-state index in [9.17, 15) is 9.59 Å². The zero-order valence-corrected chi connectivity index (χ0v) is 19.5. The van der Waals surface area contributed by atoms with Crippen molar-refractivity contribution in [2.45, 2.75) is 69.0 Å². The number of anilines is 1. The molecule has 1 N–H and O–H groups in total. The first-order valence-corrected chi connectivity index (χ1v) is 12.7. The number of carbonyl (C=O) groups excluding carboxylic acids is 2. The number of rotatable bonds is 4. The summed E-state index contributed by atoms with van der Waals surface area (Å²) in [6, 6.07) is 0. The predicted octanol–water partition coefficient (Wildman–Crippen LogP) is 4.75. The first kappa shape index (κ1) is 20.0. The summed E-state index contributed by atoms with van der Waals surface area (Å²) in [7, 11) is 0. The SMILES string of the molecule is Cc1csc(NC(=O)C2CCN(C(=O)CC34CC5CC(CC(Br)(C5)C3)C4)CC2)n1. The Morgan fingerprint density at radius 3 is 2.52 bits per heavy atom. The van der Waals surface area contributed by atoms with E-state index in [0.717, 1.165) is 30.4 Å². The number of nitrogens with zero attached hydrogens (tertiary/aromatic N) is 2. The van der Waals surface area contributed by atoms with Gasteiger partial charge in [0.2, 0.25) is 11.8 Å². The molecule has 0 spiro atoms. The van der Waals surface area contributed by atoms with E-state index in [1.165, 1.54) is 49.9 Å². The Morgan fingerprint density at radius 2 is 1.93 bits per heavy atom. The minimum atomic E-state index is -0.0198. The second kappa shape index (κ2) is 7.33. The summed E-state index contributed by atoms with van der Waals surface area (Å²) in [5, 5.41) is 5.56. The number of likely N-dealkylation sites (tertiary alicyclic amines) is 1. The highest BCUT2D eigenvalue weighted by Gasteiger charge is 2.57. The number of thiazole rings is 1. The third-order valence-electron chi connectivity index (χ3n) is 7.70. The molecule has 7 heteroatoms. The lowest BCUT2D eigenvalue weighted by Crippen LogP contribution is -2.54. The predicted molar refractivity (Wildman–Crippen MR) is 118 cm³/mol. The lowest BCUT2D eigenvalue weighted by molar-refractivity contribution is -0.141. The summed E-state index contributed by atoms with van der Waals surface area (Å²) in [4.78, 5) is 32.0. The molecule has 2 unspecified atom stereocenters. The van der Waals surface area contributed by atoms with Gasteiger partial charge in [-0.05, 0) is 75.5 Å². The van der Waals surface area contributed by atoms with Gasteiger partial charge in [-0.25, -0.2) is 4.98 Å². The first-order chi connectivity index (χ1) is 13.8. The molecule has 5 nitrogen and oxygen atoms in total. The summed E-state index contributed by atoms with van der Waals surface area (Å²) >= 11 is 5.52. The summed E-state index contributed by atoms with van der Waals surface area (Å²) in [6.45, 7) is 3.34. The van der Waals surface area contributed by atoms with E-state index in [-0.39, 0.29) is 17.2 Å². The maximum Gasteiger partial charge on any atom is 0.229 e. The maximum atomic E-state index is 13.2. The Labute approximate surface area is 185 Å². The zero-order chi connectivity index (χ0) is 20.2. The van der Waals surface area contributed by atoms with Crippen molar-refractivity contribution < 1.29 is 9.59 Å². The van der Waals surface area contributed by atoms with E-state index in [1.807, 2.05) is 17.2 Å². The van der Waals surface area contributed by atoms with Crippen LogP contribution in [0.2, 0.25) is 0 Å². The van der Waals surface area contributed by atoms with Crippen LogP contribution in [0.4, 0.5) is 5.13 Å². The molecule has 5 aliphatic rings. The molecule has 6 rings (SSSR count). The van der Waals surface area contributed by atoms with Gasteiger partial charge in [0.05, 0.1) is 5.69 Å². The van der Waals surface area contributed by atoms with Crippen molar-refractivity contribution in [1.82, 2.24) is 9.88 Å². The van der Waals surface area contributed by atoms with Crippen molar-refractivity contribution in [3.05, 3.63) is 11.1 Å². The van der Waals surface area contributed by atoms with Crippen LogP contribution in [0.25, 0.3) is 0 Å². The Hall–Kier alpha value is -0.950. The molecule has 1 aromatic heterocycles. The number of aromatic nitrogens is 1. The van der Waals surface area contributed by atoms with Crippen molar-refractivity contribution in [3.8, 4) is 0 Å². The molecule has 2 amide bonds. The van der Waals surface area contributed by atoms with Gasteiger partial charge in [0.15, 0.2) is 5.13 Å². The number of aryl methyl sites for hydroxylation is 1. The Kier molecular flexibility index (Phi) is 5.05. The highest BCUT2D eigenvalue weighted by molar-refractivity contribution is 9.10. The average molecular weight is 480 g/mol. The second-order valence-corrected chi connectivity index (χ2v) is 12.8. The maximum absolute atomic E-state index is 13.2. The quantitative estimate of drug-likeness (QED) is 0.633. The van der Waals surface area contributed by atoms with E-state index in [1.54, 1.807) is 0 Å². The molecule has 4 bridgehead atoms. The van der Waals surface area contributed by atoms with Gasteiger partial charge in [-0.3, -0.25) is 9.59 Å². The number of hydrogen-bond acceptors (Lipinski definition) is 4. The Balaban J connectivity index is 1.15. The second-order valence-electron chi connectivity index (χ2n) is 10.2. The largest absolute Gasteiger partial charge is 0.343 e. The van der Waals surface area contributed by atoms with Crippen LogP contribution in [0.1, 0.15) is 63.5 Å². The molecule has 0 aromatic carbocycles. The lowest BCUT2D eigenvalue weighted by Gasteiger charge is -2.60. The van der Waals surface area contributed by atoms with Crippen LogP contribution in [0, 0.1) is 30.1 Å². The number of carbonyl (C=O) groups is 2. The summed E-state index contributed by atoms with van der Waals surface area (Å²) < 4.78 is 0.302. The fourth-order valence-corrected chi connectivity index (χ4v) is 9.19. The molecule has 4 aliphatic carbocycles. The summed E-state index contributed by atoms with van der Waals surface area (Å²) in [5.41, 5.74) is 1.15. The van der Waals surface area contributed by atoms with Gasteiger partial charge < -0.3 is 10.2 Å². The van der Waals surface area contributed by atoms with Gasteiger partial charge in [0, 0.05) is 35.1 Å². The smallest absolute Gasteiger partial charge is 0.229 e. The average Bonchev–Trinajstić information content (AvgIpc) is 3.04. The number of piperidine rings is 1. The van der Waals surface area contributed by atoms with Crippen LogP contribution >= 0.6 is 27.3 Å². The fraction of sp³-hybridized carbons (Fsp3) is 0.773. The van der Waals surface area contributed by atoms with Crippen LogP contribution in [-0.4, -0.2) is 39.1 Å². The lowest BCUT2D eigenvalue weighted by atomic mass is 9.48. The van der Waals surface area contributed by atoms with E-state index >= 15 is 0 Å². The van der Waals surface area contributed by atoms with Gasteiger partial charge in [0.1, 0.15) is 0 Å². The molecule has 1 aliphatic heterocycles. The summed E-state index contributed by atoms with van der Waals surface area (Å²) in [6.07, 6.45) is 9.86. The van der Waals surface area contributed by atoms with Crippen molar-refractivity contribution in [2.24, 2.45) is 23.2 Å². The molecule has 4 saturated carbocycles. The standard InChI is InChI=1S/C22H30BrN3O2S/c1-14-12-29-20(24-14)25-19(28)17-2-4-26(5-3-17)18(27)11-21-7-15-6-16(8-21)10-22(23,9-15)13-21/h12,15-17H,2-11,13H2,1H3,(H,24,25,28). The van der Waals surface area contributed by atoms with Crippen molar-refractivity contribution in [2.75, 3.05) is 18.4 Å². The Bertz CT molecular complexity index is 803. The molecule has 158 valence electrons. The van der Waals surface area contributed by atoms with E-state index in [2.05, 4.69) is 26.2 Å². The van der Waals surface area contributed by atoms with Crippen LogP contribution in [0.15, 0.2) is 5.38 Å². The Morgan fingerprint density at radius 1 is 1.24 bits per heavy atom. The van der Waals surface area contributed by atoms with Crippen LogP contribution in [-0.2, 0) is 9.59 Å². The van der Waals surface area contributed by atoms with Crippen LogP contribution < -0.4 is 5.32 Å². The number of amides is 2.